The molecule has 4 heterocycles. The van der Waals surface area contributed by atoms with E-state index in [1.807, 2.05) is 30.1 Å². The highest BCUT2D eigenvalue weighted by atomic mass is 15.3. The molecule has 1 atom stereocenters. The van der Waals surface area contributed by atoms with Crippen molar-refractivity contribution in [3.63, 3.8) is 0 Å². The third kappa shape index (κ3) is 3.07. The molecular weight excluding hydrogens is 314 g/mol. The van der Waals surface area contributed by atoms with Crippen LogP contribution in [0.1, 0.15) is 19.3 Å². The Morgan fingerprint density at radius 3 is 2.88 bits per heavy atom. The van der Waals surface area contributed by atoms with Crippen molar-refractivity contribution in [3.05, 3.63) is 30.7 Å². The molecule has 0 saturated carbocycles. The van der Waals surface area contributed by atoms with Crippen molar-refractivity contribution in [2.75, 3.05) is 24.5 Å². The van der Waals surface area contributed by atoms with Crippen LogP contribution in [-0.4, -0.2) is 44.4 Å². The molecule has 0 aliphatic carbocycles. The maximum atomic E-state index is 5.77. The molecule has 3 aromatic heterocycles. The number of hydrogen-bond donors (Lipinski definition) is 1. The lowest BCUT2D eigenvalue weighted by atomic mass is 9.95. The van der Waals surface area contributed by atoms with E-state index in [-0.39, 0.29) is 0 Å². The normalized spacial score (nSPS) is 18.0. The van der Waals surface area contributed by atoms with Gasteiger partial charge < -0.3 is 10.6 Å². The Labute approximate surface area is 146 Å². The van der Waals surface area contributed by atoms with E-state index in [1.54, 1.807) is 12.4 Å². The van der Waals surface area contributed by atoms with E-state index in [1.165, 1.54) is 12.8 Å². The summed E-state index contributed by atoms with van der Waals surface area (Å²) in [6, 6.07) is 3.88. The molecule has 0 unspecified atom stereocenters. The average molecular weight is 337 g/mol. The molecule has 0 bridgehead atoms. The highest BCUT2D eigenvalue weighted by molar-refractivity contribution is 5.88. The number of rotatable bonds is 4. The standard InChI is InChI=1S/C18H23N7/c1-24-17-15(11-21-24)18(25-10-2-3-13(12-25)4-7-19)23-16(22-17)14-5-8-20-9-6-14/h5-6,8-9,11,13H,2-4,7,10,12,19H2,1H3/t13-/m0/s1. The second-order valence-electron chi connectivity index (χ2n) is 6.64. The summed E-state index contributed by atoms with van der Waals surface area (Å²) >= 11 is 0. The summed E-state index contributed by atoms with van der Waals surface area (Å²) in [6.45, 7) is 2.75. The SMILES string of the molecule is Cn1ncc2c(N3CCC[C@@H](CCN)C3)nc(-c3ccncc3)nc21. The van der Waals surface area contributed by atoms with Gasteiger partial charge in [0.2, 0.25) is 0 Å². The van der Waals surface area contributed by atoms with Crippen LogP contribution in [0.4, 0.5) is 5.82 Å². The number of aryl methyl sites for hydroxylation is 1. The van der Waals surface area contributed by atoms with Gasteiger partial charge in [-0.05, 0) is 43.9 Å². The van der Waals surface area contributed by atoms with Gasteiger partial charge in [-0.3, -0.25) is 9.67 Å². The van der Waals surface area contributed by atoms with Gasteiger partial charge in [0.05, 0.1) is 11.6 Å². The Morgan fingerprint density at radius 1 is 1.24 bits per heavy atom. The van der Waals surface area contributed by atoms with Crippen molar-refractivity contribution < 1.29 is 0 Å². The first-order valence-corrected chi connectivity index (χ1v) is 8.81. The summed E-state index contributed by atoms with van der Waals surface area (Å²) in [7, 11) is 1.92. The molecule has 0 radical (unpaired) electrons. The van der Waals surface area contributed by atoms with Gasteiger partial charge >= 0.3 is 0 Å². The number of hydrogen-bond acceptors (Lipinski definition) is 6. The van der Waals surface area contributed by atoms with E-state index in [0.29, 0.717) is 5.92 Å². The molecule has 7 heteroatoms. The summed E-state index contributed by atoms with van der Waals surface area (Å²) in [4.78, 5) is 16.1. The average Bonchev–Trinajstić information content (AvgIpc) is 3.03. The zero-order chi connectivity index (χ0) is 17.2. The van der Waals surface area contributed by atoms with Crippen LogP contribution in [0, 0.1) is 5.92 Å². The first-order chi connectivity index (χ1) is 12.3. The Hall–Kier alpha value is -2.54. The molecule has 1 saturated heterocycles. The van der Waals surface area contributed by atoms with Crippen LogP contribution in [0.3, 0.4) is 0 Å². The quantitative estimate of drug-likeness (QED) is 0.783. The molecule has 0 spiro atoms. The lowest BCUT2D eigenvalue weighted by Crippen LogP contribution is -2.37. The van der Waals surface area contributed by atoms with E-state index in [4.69, 9.17) is 15.7 Å². The van der Waals surface area contributed by atoms with Gasteiger partial charge in [-0.1, -0.05) is 0 Å². The highest BCUT2D eigenvalue weighted by Gasteiger charge is 2.24. The maximum Gasteiger partial charge on any atom is 0.164 e. The van der Waals surface area contributed by atoms with Gasteiger partial charge in [-0.15, -0.1) is 0 Å². The fourth-order valence-corrected chi connectivity index (χ4v) is 3.61. The van der Waals surface area contributed by atoms with Gasteiger partial charge in [0.1, 0.15) is 5.82 Å². The lowest BCUT2D eigenvalue weighted by molar-refractivity contribution is 0.395. The minimum atomic E-state index is 0.629. The Kier molecular flexibility index (Phi) is 4.31. The number of nitrogens with zero attached hydrogens (tertiary/aromatic N) is 6. The third-order valence-electron chi connectivity index (χ3n) is 4.90. The molecule has 3 aromatic rings. The fourth-order valence-electron chi connectivity index (χ4n) is 3.61. The van der Waals surface area contributed by atoms with Crippen LogP contribution in [-0.2, 0) is 7.05 Å². The molecule has 1 aliphatic heterocycles. The van der Waals surface area contributed by atoms with Crippen molar-refractivity contribution in [1.82, 2.24) is 24.7 Å². The molecule has 1 aliphatic rings. The van der Waals surface area contributed by atoms with Gasteiger partial charge in [0.25, 0.3) is 0 Å². The minimum Gasteiger partial charge on any atom is -0.356 e. The maximum absolute atomic E-state index is 5.77. The van der Waals surface area contributed by atoms with Crippen LogP contribution >= 0.6 is 0 Å². The molecule has 25 heavy (non-hydrogen) atoms. The monoisotopic (exact) mass is 337 g/mol. The number of piperidine rings is 1. The van der Waals surface area contributed by atoms with Crippen LogP contribution in [0.2, 0.25) is 0 Å². The summed E-state index contributed by atoms with van der Waals surface area (Å²) in [5.74, 6) is 2.32. The molecule has 4 rings (SSSR count). The molecule has 0 aromatic carbocycles. The van der Waals surface area contributed by atoms with Crippen molar-refractivity contribution in [1.29, 1.82) is 0 Å². The van der Waals surface area contributed by atoms with E-state index in [9.17, 15) is 0 Å². The van der Waals surface area contributed by atoms with Crippen LogP contribution in [0.25, 0.3) is 22.4 Å². The largest absolute Gasteiger partial charge is 0.356 e. The summed E-state index contributed by atoms with van der Waals surface area (Å²) in [6.07, 6.45) is 8.88. The van der Waals surface area contributed by atoms with Crippen molar-refractivity contribution in [2.45, 2.75) is 19.3 Å². The zero-order valence-corrected chi connectivity index (χ0v) is 14.5. The first-order valence-electron chi connectivity index (χ1n) is 8.81. The Bertz CT molecular complexity index is 856. The Morgan fingerprint density at radius 2 is 2.08 bits per heavy atom. The topological polar surface area (TPSA) is 85.8 Å². The van der Waals surface area contributed by atoms with Crippen molar-refractivity contribution in [3.8, 4) is 11.4 Å². The highest BCUT2D eigenvalue weighted by Crippen LogP contribution is 2.30. The second-order valence-corrected chi connectivity index (χ2v) is 6.64. The van der Waals surface area contributed by atoms with Gasteiger partial charge in [0.15, 0.2) is 11.5 Å². The predicted octanol–water partition coefficient (Wildman–Crippen LogP) is 1.99. The lowest BCUT2D eigenvalue weighted by Gasteiger charge is -2.33. The number of anilines is 1. The zero-order valence-electron chi connectivity index (χ0n) is 14.5. The summed E-state index contributed by atoms with van der Waals surface area (Å²) in [5, 5.41) is 5.40. The molecule has 2 N–H and O–H groups in total. The van der Waals surface area contributed by atoms with Gasteiger partial charge in [0, 0.05) is 38.1 Å². The smallest absolute Gasteiger partial charge is 0.164 e. The van der Waals surface area contributed by atoms with Crippen molar-refractivity contribution >= 4 is 16.9 Å². The molecule has 0 amide bonds. The minimum absolute atomic E-state index is 0.629. The number of fused-ring (bicyclic) bond motifs is 1. The number of pyridine rings is 1. The second kappa shape index (κ2) is 6.76. The third-order valence-corrected chi connectivity index (χ3v) is 4.90. The molecule has 130 valence electrons. The molecular formula is C18H23N7. The number of aromatic nitrogens is 5. The van der Waals surface area contributed by atoms with E-state index in [0.717, 1.165) is 54.3 Å². The Balaban J connectivity index is 1.79. The summed E-state index contributed by atoms with van der Waals surface area (Å²) in [5.41, 5.74) is 7.60. The van der Waals surface area contributed by atoms with Crippen LogP contribution in [0.5, 0.6) is 0 Å². The van der Waals surface area contributed by atoms with E-state index >= 15 is 0 Å². The first kappa shape index (κ1) is 16.0. The van der Waals surface area contributed by atoms with Crippen molar-refractivity contribution in [2.24, 2.45) is 18.7 Å². The summed E-state index contributed by atoms with van der Waals surface area (Å²) < 4.78 is 1.81. The fraction of sp³-hybridized carbons (Fsp3) is 0.444. The molecule has 7 nitrogen and oxygen atoms in total. The van der Waals surface area contributed by atoms with E-state index < -0.39 is 0 Å². The number of nitrogens with two attached hydrogens (primary N) is 1. The predicted molar refractivity (Wildman–Crippen MR) is 98.1 cm³/mol. The van der Waals surface area contributed by atoms with Gasteiger partial charge in [-0.2, -0.15) is 5.10 Å². The van der Waals surface area contributed by atoms with E-state index in [2.05, 4.69) is 15.0 Å². The van der Waals surface area contributed by atoms with Crippen LogP contribution in [0.15, 0.2) is 30.7 Å². The van der Waals surface area contributed by atoms with Gasteiger partial charge in [-0.25, -0.2) is 9.97 Å². The van der Waals surface area contributed by atoms with Crippen LogP contribution < -0.4 is 10.6 Å². The molecule has 1 fully saturated rings.